The van der Waals surface area contributed by atoms with Crippen LogP contribution < -0.4 is 5.32 Å². The van der Waals surface area contributed by atoms with E-state index in [0.717, 1.165) is 5.56 Å². The zero-order chi connectivity index (χ0) is 11.5. The molecular weight excluding hydrogens is 206 g/mol. The molecule has 2 rings (SSSR count). The van der Waals surface area contributed by atoms with Crippen LogP contribution in [0.4, 0.5) is 0 Å². The summed E-state index contributed by atoms with van der Waals surface area (Å²) in [5, 5.41) is 2.65. The molecule has 0 aliphatic carbocycles. The summed E-state index contributed by atoms with van der Waals surface area (Å²) in [5.74, 6) is -0.650. The molecule has 1 aliphatic heterocycles. The van der Waals surface area contributed by atoms with Gasteiger partial charge in [-0.2, -0.15) is 0 Å². The van der Waals surface area contributed by atoms with Crippen LogP contribution in [0.25, 0.3) is 0 Å². The molecule has 1 aromatic rings. The number of hydrogen-bond donors (Lipinski definition) is 1. The first-order valence-corrected chi connectivity index (χ1v) is 5.29. The Morgan fingerprint density at radius 1 is 1.50 bits per heavy atom. The zero-order valence-corrected chi connectivity index (χ0v) is 9.03. The topological polar surface area (TPSA) is 55.4 Å². The molecule has 1 atom stereocenters. The lowest BCUT2D eigenvalue weighted by Gasteiger charge is -2.23. The molecule has 1 amide bonds. The van der Waals surface area contributed by atoms with Crippen LogP contribution in [0.3, 0.4) is 0 Å². The molecule has 0 aromatic heterocycles. The van der Waals surface area contributed by atoms with Gasteiger partial charge in [0.1, 0.15) is 0 Å². The van der Waals surface area contributed by atoms with Gasteiger partial charge in [-0.1, -0.05) is 18.2 Å². The van der Waals surface area contributed by atoms with Gasteiger partial charge in [0.25, 0.3) is 5.91 Å². The third-order valence-electron chi connectivity index (χ3n) is 2.54. The first-order valence-electron chi connectivity index (χ1n) is 5.29. The molecule has 4 heteroatoms. The summed E-state index contributed by atoms with van der Waals surface area (Å²) >= 11 is 0. The number of ether oxygens (including phenoxy) is 1. The molecule has 16 heavy (non-hydrogen) atoms. The molecule has 1 unspecified atom stereocenters. The lowest BCUT2D eigenvalue weighted by atomic mass is 9.98. The van der Waals surface area contributed by atoms with Gasteiger partial charge in [0, 0.05) is 13.0 Å². The number of carbonyl (C=O) groups is 2. The Kier molecular flexibility index (Phi) is 2.90. The van der Waals surface area contributed by atoms with Crippen molar-refractivity contribution in [3.63, 3.8) is 0 Å². The predicted octanol–water partition coefficient (Wildman–Crippen LogP) is 0.904. The largest absolute Gasteiger partial charge is 0.448 e. The first-order chi connectivity index (χ1) is 7.72. The minimum atomic E-state index is -0.692. The second-order valence-electron chi connectivity index (χ2n) is 3.65. The number of fused-ring (bicyclic) bond motifs is 1. The highest BCUT2D eigenvalue weighted by Gasteiger charge is 2.30. The van der Waals surface area contributed by atoms with E-state index in [1.54, 1.807) is 12.1 Å². The number of esters is 1. The van der Waals surface area contributed by atoms with Crippen LogP contribution in [0.1, 0.15) is 22.8 Å². The minimum absolute atomic E-state index is 0.231. The van der Waals surface area contributed by atoms with Crippen molar-refractivity contribution < 1.29 is 14.3 Å². The molecule has 0 saturated heterocycles. The summed E-state index contributed by atoms with van der Waals surface area (Å²) < 4.78 is 5.08. The zero-order valence-electron chi connectivity index (χ0n) is 9.03. The number of rotatable bonds is 2. The molecule has 1 aliphatic rings. The van der Waals surface area contributed by atoms with Crippen molar-refractivity contribution in [3.05, 3.63) is 35.4 Å². The van der Waals surface area contributed by atoms with Gasteiger partial charge in [0.2, 0.25) is 0 Å². The van der Waals surface area contributed by atoms with E-state index in [9.17, 15) is 9.59 Å². The number of hydrogen-bond acceptors (Lipinski definition) is 3. The van der Waals surface area contributed by atoms with E-state index in [2.05, 4.69) is 5.32 Å². The highest BCUT2D eigenvalue weighted by atomic mass is 16.5. The second kappa shape index (κ2) is 4.35. The maximum absolute atomic E-state index is 11.6. The van der Waals surface area contributed by atoms with E-state index in [0.29, 0.717) is 18.5 Å². The van der Waals surface area contributed by atoms with Gasteiger partial charge in [-0.25, -0.2) is 4.79 Å². The van der Waals surface area contributed by atoms with Crippen molar-refractivity contribution in [2.24, 2.45) is 0 Å². The summed E-state index contributed by atoms with van der Waals surface area (Å²) in [4.78, 5) is 23.2. The molecule has 0 radical (unpaired) electrons. The summed E-state index contributed by atoms with van der Waals surface area (Å²) in [6.45, 7) is 2.37. The van der Waals surface area contributed by atoms with Gasteiger partial charge >= 0.3 is 5.97 Å². The smallest absolute Gasteiger partial charge is 0.339 e. The quantitative estimate of drug-likeness (QED) is 0.752. The van der Waals surface area contributed by atoms with Crippen molar-refractivity contribution in [1.29, 1.82) is 0 Å². The Morgan fingerprint density at radius 2 is 2.25 bits per heavy atom. The molecule has 1 aromatic carbocycles. The Bertz CT molecular complexity index is 428. The van der Waals surface area contributed by atoms with Gasteiger partial charge < -0.3 is 10.1 Å². The van der Waals surface area contributed by atoms with Gasteiger partial charge in [0.05, 0.1) is 5.56 Å². The summed E-state index contributed by atoms with van der Waals surface area (Å²) in [6.07, 6.45) is -0.240. The number of nitrogens with one attached hydrogen (secondary N) is 1. The van der Waals surface area contributed by atoms with E-state index in [-0.39, 0.29) is 5.91 Å². The molecular formula is C12H13NO3. The molecule has 0 fully saturated rings. The lowest BCUT2D eigenvalue weighted by molar-refractivity contribution is -0.130. The molecule has 0 spiro atoms. The maximum Gasteiger partial charge on any atom is 0.339 e. The number of benzene rings is 1. The van der Waals surface area contributed by atoms with Crippen molar-refractivity contribution in [2.45, 2.75) is 19.4 Å². The van der Waals surface area contributed by atoms with Crippen LogP contribution in [-0.4, -0.2) is 24.5 Å². The highest BCUT2D eigenvalue weighted by molar-refractivity contribution is 5.95. The average Bonchev–Trinajstić information content (AvgIpc) is 2.29. The summed E-state index contributed by atoms with van der Waals surface area (Å²) in [7, 11) is 0. The van der Waals surface area contributed by atoms with Crippen LogP contribution >= 0.6 is 0 Å². The molecule has 1 N–H and O–H groups in total. The van der Waals surface area contributed by atoms with E-state index in [1.165, 1.54) is 0 Å². The Morgan fingerprint density at radius 3 is 3.00 bits per heavy atom. The van der Waals surface area contributed by atoms with Crippen LogP contribution in [0, 0.1) is 0 Å². The fourth-order valence-electron chi connectivity index (χ4n) is 1.77. The number of amides is 1. The number of likely N-dealkylation sites (N-methyl/N-ethyl adjacent to an activating group) is 1. The fourth-order valence-corrected chi connectivity index (χ4v) is 1.77. The van der Waals surface area contributed by atoms with E-state index < -0.39 is 12.1 Å². The van der Waals surface area contributed by atoms with Crippen LogP contribution in [0.2, 0.25) is 0 Å². The van der Waals surface area contributed by atoms with Crippen molar-refractivity contribution >= 4 is 11.9 Å². The number of carbonyl (C=O) groups excluding carboxylic acids is 2. The number of cyclic esters (lactones) is 1. The molecule has 4 nitrogen and oxygen atoms in total. The summed E-state index contributed by atoms with van der Waals surface area (Å²) in [5.41, 5.74) is 1.43. The fraction of sp³-hybridized carbons (Fsp3) is 0.333. The Labute approximate surface area is 93.6 Å². The third kappa shape index (κ3) is 1.91. The van der Waals surface area contributed by atoms with Crippen LogP contribution in [-0.2, 0) is 16.0 Å². The van der Waals surface area contributed by atoms with Crippen molar-refractivity contribution in [1.82, 2.24) is 5.32 Å². The monoisotopic (exact) mass is 219 g/mol. The van der Waals surface area contributed by atoms with Gasteiger partial charge in [0.15, 0.2) is 6.10 Å². The van der Waals surface area contributed by atoms with E-state index in [4.69, 9.17) is 4.74 Å². The summed E-state index contributed by atoms with van der Waals surface area (Å²) in [6, 6.07) is 7.20. The van der Waals surface area contributed by atoms with E-state index in [1.807, 2.05) is 19.1 Å². The Balaban J connectivity index is 2.21. The average molecular weight is 219 g/mol. The van der Waals surface area contributed by atoms with Gasteiger partial charge in [-0.05, 0) is 18.6 Å². The molecule has 0 saturated carbocycles. The molecule has 0 bridgehead atoms. The minimum Gasteiger partial charge on any atom is -0.448 e. The normalized spacial score (nSPS) is 18.6. The SMILES string of the molecule is CCNC(=O)C1Cc2ccccc2C(=O)O1. The van der Waals surface area contributed by atoms with Gasteiger partial charge in [-0.15, -0.1) is 0 Å². The van der Waals surface area contributed by atoms with Crippen LogP contribution in [0.15, 0.2) is 24.3 Å². The second-order valence-corrected chi connectivity index (χ2v) is 3.65. The predicted molar refractivity (Wildman–Crippen MR) is 58.0 cm³/mol. The van der Waals surface area contributed by atoms with Crippen molar-refractivity contribution in [3.8, 4) is 0 Å². The third-order valence-corrected chi connectivity index (χ3v) is 2.54. The van der Waals surface area contributed by atoms with E-state index >= 15 is 0 Å². The molecule has 1 heterocycles. The van der Waals surface area contributed by atoms with Crippen molar-refractivity contribution in [2.75, 3.05) is 6.54 Å². The lowest BCUT2D eigenvalue weighted by Crippen LogP contribution is -2.41. The first kappa shape index (κ1) is 10.7. The standard InChI is InChI=1S/C12H13NO3/c1-2-13-11(14)10-7-8-5-3-4-6-9(8)12(15)16-10/h3-6,10H,2,7H2,1H3,(H,13,14). The molecule has 84 valence electrons. The Hall–Kier alpha value is -1.84. The maximum atomic E-state index is 11.6. The highest BCUT2D eigenvalue weighted by Crippen LogP contribution is 2.20. The van der Waals surface area contributed by atoms with Crippen LogP contribution in [0.5, 0.6) is 0 Å². The van der Waals surface area contributed by atoms with Gasteiger partial charge in [-0.3, -0.25) is 4.79 Å².